The summed E-state index contributed by atoms with van der Waals surface area (Å²) < 4.78 is 29.1. The first-order valence-corrected chi connectivity index (χ1v) is 12.2. The zero-order valence-corrected chi connectivity index (χ0v) is 18.4. The van der Waals surface area contributed by atoms with E-state index in [0.717, 1.165) is 31.1 Å². The van der Waals surface area contributed by atoms with Crippen molar-refractivity contribution in [2.45, 2.75) is 54.7 Å². The van der Waals surface area contributed by atoms with Crippen molar-refractivity contribution in [1.29, 1.82) is 5.26 Å². The van der Waals surface area contributed by atoms with Crippen LogP contribution in [0.15, 0.2) is 52.5 Å². The average Bonchev–Trinajstić information content (AvgIpc) is 3.43. The van der Waals surface area contributed by atoms with Crippen molar-refractivity contribution in [1.82, 2.24) is 19.5 Å². The van der Waals surface area contributed by atoms with Gasteiger partial charge in [0, 0.05) is 23.5 Å². The molecule has 1 fully saturated rings. The predicted octanol–water partition coefficient (Wildman–Crippen LogP) is 4.05. The van der Waals surface area contributed by atoms with Gasteiger partial charge in [0.25, 0.3) is 0 Å². The third-order valence-electron chi connectivity index (χ3n) is 6.26. The summed E-state index contributed by atoms with van der Waals surface area (Å²) in [6, 6.07) is 12.4. The minimum Gasteiger partial charge on any atom is -0.385 e. The largest absolute Gasteiger partial charge is 0.385 e. The van der Waals surface area contributed by atoms with E-state index in [0.29, 0.717) is 17.0 Å². The van der Waals surface area contributed by atoms with Gasteiger partial charge in [-0.05, 0) is 50.8 Å². The number of aromatic nitrogens is 4. The minimum absolute atomic E-state index is 0.0157. The first-order valence-electron chi connectivity index (χ1n) is 10.7. The van der Waals surface area contributed by atoms with E-state index in [4.69, 9.17) is 0 Å². The molecule has 5 rings (SSSR count). The van der Waals surface area contributed by atoms with Gasteiger partial charge in [-0.2, -0.15) is 5.26 Å². The number of pyridine rings is 1. The smallest absolute Gasteiger partial charge is 0.226 e. The van der Waals surface area contributed by atoms with Crippen LogP contribution in [0.25, 0.3) is 22.1 Å². The number of rotatable bonds is 4. The number of nitrogens with one attached hydrogen (secondary N) is 1. The number of aliphatic hydroxyl groups is 1. The number of fused-ring (bicyclic) bond motifs is 3. The quantitative estimate of drug-likeness (QED) is 0.484. The van der Waals surface area contributed by atoms with E-state index in [-0.39, 0.29) is 27.4 Å². The maximum Gasteiger partial charge on any atom is 0.226 e. The van der Waals surface area contributed by atoms with E-state index in [1.165, 1.54) is 12.1 Å². The van der Waals surface area contributed by atoms with Crippen LogP contribution in [0, 0.1) is 17.2 Å². The van der Waals surface area contributed by atoms with Gasteiger partial charge < -0.3 is 14.7 Å². The van der Waals surface area contributed by atoms with Crippen LogP contribution in [-0.4, -0.2) is 33.0 Å². The molecule has 3 aromatic heterocycles. The number of imidazole rings is 1. The maximum atomic E-state index is 13.5. The molecule has 1 aromatic carbocycles. The molecule has 0 unspecified atom stereocenters. The highest BCUT2D eigenvalue weighted by atomic mass is 32.2. The molecule has 4 aromatic rings. The molecule has 32 heavy (non-hydrogen) atoms. The molecule has 0 amide bonds. The first kappa shape index (κ1) is 20.7. The highest BCUT2D eigenvalue weighted by Crippen LogP contribution is 2.40. The molecule has 0 bridgehead atoms. The van der Waals surface area contributed by atoms with E-state index in [1.54, 1.807) is 31.3 Å². The molecule has 0 radical (unpaired) electrons. The van der Waals surface area contributed by atoms with Gasteiger partial charge in [-0.25, -0.2) is 18.4 Å². The first-order chi connectivity index (χ1) is 15.4. The van der Waals surface area contributed by atoms with Crippen LogP contribution in [0.2, 0.25) is 0 Å². The number of aromatic amines is 1. The van der Waals surface area contributed by atoms with Crippen molar-refractivity contribution in [2.24, 2.45) is 5.92 Å². The fraction of sp³-hybridized carbons (Fsp3) is 0.348. The number of H-pyrrole nitrogens is 1. The lowest BCUT2D eigenvalue weighted by Crippen LogP contribution is -2.20. The molecule has 9 heteroatoms. The van der Waals surface area contributed by atoms with Crippen molar-refractivity contribution < 1.29 is 13.5 Å². The number of hydrogen-bond acceptors (Lipinski definition) is 6. The minimum atomic E-state index is -3.94. The standard InChI is InChI=1S/C23H23N5O3S/c1-14(29)22-26-19-20(28(22)16-9-7-15(13-24)8-10-16)18-11-12-25-21(18)27-23(19)32(30,31)17-5-3-2-4-6-17/h2-6,11-12,14-16,29H,7-10H2,1H3,(H,25,27)/t14-,15?,16?/m1/s1. The Labute approximate surface area is 185 Å². The lowest BCUT2D eigenvalue weighted by atomic mass is 9.86. The van der Waals surface area contributed by atoms with Gasteiger partial charge >= 0.3 is 0 Å². The summed E-state index contributed by atoms with van der Waals surface area (Å²) >= 11 is 0. The van der Waals surface area contributed by atoms with Gasteiger partial charge in [-0.15, -0.1) is 0 Å². The van der Waals surface area contributed by atoms with Gasteiger partial charge in [0.15, 0.2) is 5.03 Å². The normalized spacial score (nSPS) is 20.4. The summed E-state index contributed by atoms with van der Waals surface area (Å²) in [5.74, 6) is 0.444. The molecule has 0 aliphatic heterocycles. The Morgan fingerprint density at radius 3 is 2.53 bits per heavy atom. The highest BCUT2D eigenvalue weighted by Gasteiger charge is 2.32. The third kappa shape index (κ3) is 3.18. The zero-order chi connectivity index (χ0) is 22.5. The van der Waals surface area contributed by atoms with Crippen LogP contribution in [0.5, 0.6) is 0 Å². The molecular weight excluding hydrogens is 426 g/mol. The number of aliphatic hydroxyl groups excluding tert-OH is 1. The van der Waals surface area contributed by atoms with Crippen molar-refractivity contribution in [3.63, 3.8) is 0 Å². The highest BCUT2D eigenvalue weighted by molar-refractivity contribution is 7.91. The summed E-state index contributed by atoms with van der Waals surface area (Å²) in [5.41, 5.74) is 1.37. The Kier molecular flexibility index (Phi) is 4.99. The van der Waals surface area contributed by atoms with Crippen LogP contribution in [-0.2, 0) is 9.84 Å². The molecule has 0 spiro atoms. The van der Waals surface area contributed by atoms with Crippen molar-refractivity contribution in [2.75, 3.05) is 0 Å². The van der Waals surface area contributed by atoms with Gasteiger partial charge in [-0.3, -0.25) is 0 Å². The Balaban J connectivity index is 1.81. The van der Waals surface area contributed by atoms with Crippen molar-refractivity contribution in [3.05, 3.63) is 48.4 Å². The van der Waals surface area contributed by atoms with Gasteiger partial charge in [-0.1, -0.05) is 18.2 Å². The Bertz CT molecular complexity index is 1440. The number of nitrogens with zero attached hydrogens (tertiary/aromatic N) is 4. The van der Waals surface area contributed by atoms with Crippen molar-refractivity contribution >= 4 is 31.9 Å². The lowest BCUT2D eigenvalue weighted by molar-refractivity contribution is 0.177. The zero-order valence-electron chi connectivity index (χ0n) is 17.6. The second kappa shape index (κ2) is 7.73. The molecule has 1 atom stereocenters. The molecule has 2 N–H and O–H groups in total. The lowest BCUT2D eigenvalue weighted by Gasteiger charge is -2.28. The van der Waals surface area contributed by atoms with Crippen LogP contribution in [0.1, 0.15) is 50.6 Å². The molecule has 0 saturated heterocycles. The second-order valence-electron chi connectivity index (χ2n) is 8.32. The number of sulfone groups is 1. The molecule has 3 heterocycles. The van der Waals surface area contributed by atoms with Gasteiger partial charge in [0.2, 0.25) is 9.84 Å². The number of benzene rings is 1. The fourth-order valence-corrected chi connectivity index (χ4v) is 6.03. The van der Waals surface area contributed by atoms with E-state index in [9.17, 15) is 18.8 Å². The van der Waals surface area contributed by atoms with Crippen LogP contribution in [0.4, 0.5) is 0 Å². The molecule has 164 valence electrons. The summed E-state index contributed by atoms with van der Waals surface area (Å²) in [6.45, 7) is 1.63. The van der Waals surface area contributed by atoms with Crippen LogP contribution < -0.4 is 0 Å². The van der Waals surface area contributed by atoms with Crippen LogP contribution in [0.3, 0.4) is 0 Å². The number of nitriles is 1. The monoisotopic (exact) mass is 449 g/mol. The molecular formula is C23H23N5O3S. The van der Waals surface area contributed by atoms with Crippen LogP contribution >= 0.6 is 0 Å². The molecule has 1 aliphatic rings. The third-order valence-corrected chi connectivity index (χ3v) is 7.95. The average molecular weight is 450 g/mol. The summed E-state index contributed by atoms with van der Waals surface area (Å²) in [7, 11) is -3.94. The van der Waals surface area contributed by atoms with Gasteiger partial charge in [0.1, 0.15) is 23.1 Å². The SMILES string of the molecule is C[C@@H](O)c1nc2c(S(=O)(=O)c3ccccc3)nc3[nH]ccc3c2n1C1CCC(C#N)CC1. The Morgan fingerprint density at radius 1 is 1.16 bits per heavy atom. The maximum absolute atomic E-state index is 13.5. The van der Waals surface area contributed by atoms with Crippen molar-refractivity contribution in [3.8, 4) is 6.07 Å². The predicted molar refractivity (Wildman–Crippen MR) is 119 cm³/mol. The fourth-order valence-electron chi connectivity index (χ4n) is 4.68. The van der Waals surface area contributed by atoms with E-state index >= 15 is 0 Å². The summed E-state index contributed by atoms with van der Waals surface area (Å²) in [5, 5.41) is 20.5. The van der Waals surface area contributed by atoms with E-state index in [2.05, 4.69) is 21.0 Å². The van der Waals surface area contributed by atoms with Gasteiger partial charge in [0.05, 0.1) is 16.5 Å². The summed E-state index contributed by atoms with van der Waals surface area (Å²) in [4.78, 5) is 12.3. The van der Waals surface area contributed by atoms with E-state index < -0.39 is 15.9 Å². The summed E-state index contributed by atoms with van der Waals surface area (Å²) in [6.07, 6.45) is 3.88. The van der Waals surface area contributed by atoms with E-state index in [1.807, 2.05) is 10.6 Å². The topological polar surface area (TPSA) is 125 Å². The Hall–Kier alpha value is -3.22. The molecule has 1 aliphatic carbocycles. The molecule has 1 saturated carbocycles. The second-order valence-corrected chi connectivity index (χ2v) is 10.2. The molecule has 8 nitrogen and oxygen atoms in total. The number of hydrogen-bond donors (Lipinski definition) is 2. The Morgan fingerprint density at radius 2 is 1.88 bits per heavy atom.